The van der Waals surface area contributed by atoms with Crippen LogP contribution in [0.5, 0.6) is 23.0 Å². The summed E-state index contributed by atoms with van der Waals surface area (Å²) < 4.78 is 26.9. The number of aromatic nitrogens is 2. The van der Waals surface area contributed by atoms with E-state index in [4.69, 9.17) is 23.5 Å². The number of carbonyl (C=O) groups is 1. The number of hydrogen-bond donors (Lipinski definition) is 1. The van der Waals surface area contributed by atoms with Crippen LogP contribution in [0.25, 0.3) is 11.4 Å². The molecule has 1 N–H and O–H groups in total. The molecule has 1 aromatic heterocycles. The van der Waals surface area contributed by atoms with Crippen molar-refractivity contribution in [3.05, 3.63) is 47.9 Å². The van der Waals surface area contributed by atoms with E-state index in [2.05, 4.69) is 15.5 Å². The fourth-order valence-corrected chi connectivity index (χ4v) is 3.35. The molecule has 2 aromatic carbocycles. The largest absolute Gasteiger partial charge is 0.493 e. The van der Waals surface area contributed by atoms with Gasteiger partial charge in [-0.25, -0.2) is 0 Å². The van der Waals surface area contributed by atoms with Crippen molar-refractivity contribution in [3.8, 4) is 34.4 Å². The summed E-state index contributed by atoms with van der Waals surface area (Å²) in [6.45, 7) is 1.65. The van der Waals surface area contributed by atoms with Crippen LogP contribution in [-0.2, 0) is 17.6 Å². The molecule has 1 aliphatic rings. The fraction of sp³-hybridized carbons (Fsp3) is 0.348. The number of nitrogens with zero attached hydrogens (tertiary/aromatic N) is 2. The monoisotopic (exact) mass is 439 g/mol. The van der Waals surface area contributed by atoms with Gasteiger partial charge in [0.15, 0.2) is 23.0 Å². The summed E-state index contributed by atoms with van der Waals surface area (Å²) in [4.78, 5) is 16.6. The van der Waals surface area contributed by atoms with Crippen LogP contribution >= 0.6 is 0 Å². The molecule has 0 spiro atoms. The van der Waals surface area contributed by atoms with E-state index in [9.17, 15) is 4.79 Å². The zero-order chi connectivity index (χ0) is 22.3. The maximum absolute atomic E-state index is 12.2. The molecule has 9 heteroatoms. The first-order valence-electron chi connectivity index (χ1n) is 10.4. The lowest BCUT2D eigenvalue weighted by Crippen LogP contribution is -2.26. The summed E-state index contributed by atoms with van der Waals surface area (Å²) in [5.74, 6) is 3.46. The van der Waals surface area contributed by atoms with Crippen LogP contribution in [0.2, 0.25) is 0 Å². The average Bonchev–Trinajstić information content (AvgIpc) is 3.31. The number of benzene rings is 2. The highest BCUT2D eigenvalue weighted by Gasteiger charge is 2.14. The third-order valence-corrected chi connectivity index (χ3v) is 5.02. The van der Waals surface area contributed by atoms with Gasteiger partial charge in [-0.2, -0.15) is 4.98 Å². The quantitative estimate of drug-likeness (QED) is 0.543. The lowest BCUT2D eigenvalue weighted by atomic mass is 10.1. The van der Waals surface area contributed by atoms with E-state index in [1.165, 1.54) is 0 Å². The molecular formula is C23H25N3O6. The Morgan fingerprint density at radius 3 is 2.62 bits per heavy atom. The second-order valence-corrected chi connectivity index (χ2v) is 7.16. The summed E-state index contributed by atoms with van der Waals surface area (Å²) in [6, 6.07) is 11.2. The Balaban J connectivity index is 1.25. The number of methoxy groups -OCH3 is 2. The predicted molar refractivity (Wildman–Crippen MR) is 115 cm³/mol. The molecule has 1 amide bonds. The van der Waals surface area contributed by atoms with Crippen LogP contribution in [0.4, 0.5) is 0 Å². The zero-order valence-corrected chi connectivity index (χ0v) is 18.1. The molecule has 0 aliphatic carbocycles. The van der Waals surface area contributed by atoms with Gasteiger partial charge in [0.25, 0.3) is 0 Å². The van der Waals surface area contributed by atoms with Gasteiger partial charge in [0, 0.05) is 24.9 Å². The van der Waals surface area contributed by atoms with Gasteiger partial charge in [0.1, 0.15) is 13.2 Å². The van der Waals surface area contributed by atoms with Gasteiger partial charge in [-0.3, -0.25) is 4.79 Å². The Bertz CT molecular complexity index is 1080. The van der Waals surface area contributed by atoms with Crippen LogP contribution in [0, 0.1) is 0 Å². The van der Waals surface area contributed by atoms with Crippen LogP contribution in [0.15, 0.2) is 40.9 Å². The van der Waals surface area contributed by atoms with Crippen LogP contribution in [0.3, 0.4) is 0 Å². The highest BCUT2D eigenvalue weighted by molar-refractivity contribution is 5.76. The van der Waals surface area contributed by atoms with Crippen LogP contribution in [-0.4, -0.2) is 50.0 Å². The minimum Gasteiger partial charge on any atom is -0.493 e. The maximum Gasteiger partial charge on any atom is 0.227 e. The minimum absolute atomic E-state index is 0.0755. The molecule has 0 atom stereocenters. The number of rotatable bonds is 9. The van der Waals surface area contributed by atoms with Crippen molar-refractivity contribution in [2.24, 2.45) is 0 Å². The molecule has 0 bridgehead atoms. The molecule has 0 fully saturated rings. The molecule has 168 valence electrons. The van der Waals surface area contributed by atoms with E-state index in [0.29, 0.717) is 55.8 Å². The SMILES string of the molecule is COc1ccc(-c2noc(CCC(=O)NCCc3ccc4c(c3)OCCO4)n2)cc1OC. The predicted octanol–water partition coefficient (Wildman–Crippen LogP) is 2.82. The van der Waals surface area contributed by atoms with Crippen molar-refractivity contribution < 1.29 is 28.3 Å². The minimum atomic E-state index is -0.0755. The first-order valence-corrected chi connectivity index (χ1v) is 10.4. The van der Waals surface area contributed by atoms with E-state index in [1.54, 1.807) is 26.4 Å². The van der Waals surface area contributed by atoms with Gasteiger partial charge < -0.3 is 28.8 Å². The maximum atomic E-state index is 12.2. The van der Waals surface area contributed by atoms with Gasteiger partial charge in [-0.05, 0) is 42.3 Å². The van der Waals surface area contributed by atoms with Crippen molar-refractivity contribution >= 4 is 5.91 Å². The Kier molecular flexibility index (Phi) is 6.74. The molecule has 0 saturated heterocycles. The third-order valence-electron chi connectivity index (χ3n) is 5.02. The fourth-order valence-electron chi connectivity index (χ4n) is 3.35. The summed E-state index contributed by atoms with van der Waals surface area (Å²) in [6.07, 6.45) is 1.32. The number of aryl methyl sites for hydroxylation is 1. The van der Waals surface area contributed by atoms with Crippen molar-refractivity contribution in [2.75, 3.05) is 34.0 Å². The molecule has 9 nitrogen and oxygen atoms in total. The van der Waals surface area contributed by atoms with Gasteiger partial charge in [-0.1, -0.05) is 11.2 Å². The molecule has 4 rings (SSSR count). The van der Waals surface area contributed by atoms with Crippen molar-refractivity contribution in [2.45, 2.75) is 19.3 Å². The number of hydrogen-bond acceptors (Lipinski definition) is 8. The summed E-state index contributed by atoms with van der Waals surface area (Å²) >= 11 is 0. The standard InChI is InChI=1S/C23H25N3O6/c1-28-17-6-4-16(14-19(17)29-2)23-25-22(32-26-23)8-7-21(27)24-10-9-15-3-5-18-20(13-15)31-12-11-30-18/h3-6,13-14H,7-12H2,1-2H3,(H,24,27). The van der Waals surface area contributed by atoms with Gasteiger partial charge in [0.2, 0.25) is 17.6 Å². The van der Waals surface area contributed by atoms with E-state index >= 15 is 0 Å². The Morgan fingerprint density at radius 1 is 1.00 bits per heavy atom. The van der Waals surface area contributed by atoms with E-state index in [1.807, 2.05) is 24.3 Å². The van der Waals surface area contributed by atoms with Crippen molar-refractivity contribution in [1.29, 1.82) is 0 Å². The molecule has 1 aliphatic heterocycles. The Hall–Kier alpha value is -3.75. The Morgan fingerprint density at radius 2 is 1.81 bits per heavy atom. The molecule has 0 saturated carbocycles. The number of amides is 1. The summed E-state index contributed by atoms with van der Waals surface area (Å²) in [5, 5.41) is 6.91. The van der Waals surface area contributed by atoms with Crippen LogP contribution < -0.4 is 24.3 Å². The highest BCUT2D eigenvalue weighted by Crippen LogP contribution is 2.32. The van der Waals surface area contributed by atoms with Gasteiger partial charge in [-0.15, -0.1) is 0 Å². The number of nitrogens with one attached hydrogen (secondary N) is 1. The second-order valence-electron chi connectivity index (χ2n) is 7.16. The number of ether oxygens (including phenoxy) is 4. The van der Waals surface area contributed by atoms with E-state index in [-0.39, 0.29) is 12.3 Å². The smallest absolute Gasteiger partial charge is 0.227 e. The third kappa shape index (κ3) is 5.11. The molecule has 0 radical (unpaired) electrons. The Labute approximate surface area is 185 Å². The lowest BCUT2D eigenvalue weighted by Gasteiger charge is -2.18. The van der Waals surface area contributed by atoms with Crippen LogP contribution in [0.1, 0.15) is 17.9 Å². The topological polar surface area (TPSA) is 105 Å². The van der Waals surface area contributed by atoms with Crippen molar-refractivity contribution in [3.63, 3.8) is 0 Å². The van der Waals surface area contributed by atoms with Gasteiger partial charge >= 0.3 is 0 Å². The number of carbonyl (C=O) groups excluding carboxylic acids is 1. The highest BCUT2D eigenvalue weighted by atomic mass is 16.6. The second kappa shape index (κ2) is 10.0. The normalized spacial score (nSPS) is 12.3. The first-order chi connectivity index (χ1) is 15.7. The lowest BCUT2D eigenvalue weighted by molar-refractivity contribution is -0.121. The van der Waals surface area contributed by atoms with E-state index < -0.39 is 0 Å². The number of fused-ring (bicyclic) bond motifs is 1. The van der Waals surface area contributed by atoms with Gasteiger partial charge in [0.05, 0.1) is 14.2 Å². The average molecular weight is 439 g/mol. The van der Waals surface area contributed by atoms with E-state index in [0.717, 1.165) is 22.6 Å². The van der Waals surface area contributed by atoms with Crippen molar-refractivity contribution in [1.82, 2.24) is 15.5 Å². The first kappa shape index (κ1) is 21.5. The summed E-state index contributed by atoms with van der Waals surface area (Å²) in [5.41, 5.74) is 1.81. The molecule has 32 heavy (non-hydrogen) atoms. The molecule has 3 aromatic rings. The molecule has 0 unspecified atom stereocenters. The molecule has 2 heterocycles. The summed E-state index contributed by atoms with van der Waals surface area (Å²) in [7, 11) is 3.14. The zero-order valence-electron chi connectivity index (χ0n) is 18.1. The molecular weight excluding hydrogens is 414 g/mol.